The van der Waals surface area contributed by atoms with Crippen molar-refractivity contribution in [2.75, 3.05) is 40.8 Å². The predicted octanol–water partition coefficient (Wildman–Crippen LogP) is 6.61. The van der Waals surface area contributed by atoms with Gasteiger partial charge >= 0.3 is 30.0 Å². The molecule has 54 heavy (non-hydrogen) atoms. The molecule has 4 saturated carbocycles. The Hall–Kier alpha value is -2.89. The van der Waals surface area contributed by atoms with Crippen LogP contribution >= 0.6 is 0 Å². The largest absolute Gasteiger partial charge is 0.462 e. The van der Waals surface area contributed by atoms with Crippen molar-refractivity contribution in [1.29, 1.82) is 0 Å². The normalized spacial score (nSPS) is 33.9. The molecule has 4 aliphatic rings. The molecule has 0 heterocycles. The van der Waals surface area contributed by atoms with E-state index in [4.69, 9.17) is 23.7 Å². The van der Waals surface area contributed by atoms with Crippen molar-refractivity contribution in [3.8, 4) is 0 Å². The van der Waals surface area contributed by atoms with Gasteiger partial charge in [0, 0.05) is 30.6 Å². The number of quaternary nitrogens is 1. The molecule has 1 amide bonds. The molecule has 0 aromatic heterocycles. The molecule has 0 aromatic rings. The molecule has 0 bridgehead atoms. The van der Waals surface area contributed by atoms with Crippen LogP contribution in [-0.2, 0) is 42.9 Å². The quantitative estimate of drug-likeness (QED) is 0.117. The van der Waals surface area contributed by atoms with E-state index >= 15 is 0 Å². The molecule has 4 aliphatic carbocycles. The average molecular weight is 764 g/mol. The van der Waals surface area contributed by atoms with Gasteiger partial charge in [0.1, 0.15) is 43.6 Å². The highest BCUT2D eigenvalue weighted by atomic mass is 16.6. The molecule has 0 aromatic carbocycles. The van der Waals surface area contributed by atoms with Crippen molar-refractivity contribution in [3.05, 3.63) is 0 Å². The molecule has 308 valence electrons. The van der Waals surface area contributed by atoms with Gasteiger partial charge in [0.15, 0.2) is 0 Å². The van der Waals surface area contributed by atoms with Gasteiger partial charge in [-0.2, -0.15) is 0 Å². The smallest absolute Gasteiger partial charge is 0.408 e. The van der Waals surface area contributed by atoms with Crippen LogP contribution in [0.5, 0.6) is 0 Å². The summed E-state index contributed by atoms with van der Waals surface area (Å²) in [5.74, 6) is -0.489. The zero-order valence-corrected chi connectivity index (χ0v) is 35.1. The van der Waals surface area contributed by atoms with E-state index in [0.29, 0.717) is 45.1 Å². The fraction of sp³-hybridized carbons (Fsp3) is 0.881. The summed E-state index contributed by atoms with van der Waals surface area (Å²) in [6.07, 6.45) is 5.33. The monoisotopic (exact) mass is 764 g/mol. The van der Waals surface area contributed by atoms with Gasteiger partial charge in [-0.05, 0) is 107 Å². The van der Waals surface area contributed by atoms with Crippen molar-refractivity contribution in [2.45, 2.75) is 150 Å². The van der Waals surface area contributed by atoms with Crippen LogP contribution in [0.3, 0.4) is 0 Å². The summed E-state index contributed by atoms with van der Waals surface area (Å²) in [5, 5.41) is 2.56. The molecule has 0 aliphatic heterocycles. The molecule has 11 atom stereocenters. The number of nitrogens with zero attached hydrogens (tertiary/aromatic N) is 1. The minimum Gasteiger partial charge on any atom is -0.462 e. The van der Waals surface area contributed by atoms with E-state index in [-0.39, 0.29) is 84.0 Å². The molecular weight excluding hydrogens is 692 g/mol. The lowest BCUT2D eigenvalue weighted by Crippen LogP contribution is -2.63. The summed E-state index contributed by atoms with van der Waals surface area (Å²) in [6, 6.07) is 0. The van der Waals surface area contributed by atoms with Crippen LogP contribution in [0.4, 0.5) is 4.79 Å². The second kappa shape index (κ2) is 17.5. The Balaban J connectivity index is 1.62. The first-order valence-electron chi connectivity index (χ1n) is 20.6. The highest BCUT2D eigenvalue weighted by Gasteiger charge is 2.67. The van der Waals surface area contributed by atoms with Crippen molar-refractivity contribution >= 4 is 30.0 Å². The Labute approximate surface area is 324 Å². The number of amides is 1. The van der Waals surface area contributed by atoms with Crippen LogP contribution in [0.1, 0.15) is 126 Å². The number of esters is 4. The Morgan fingerprint density at radius 1 is 0.833 bits per heavy atom. The predicted molar refractivity (Wildman–Crippen MR) is 203 cm³/mol. The van der Waals surface area contributed by atoms with Gasteiger partial charge in [-0.25, -0.2) is 4.79 Å². The van der Waals surface area contributed by atoms with E-state index in [1.807, 2.05) is 6.92 Å². The molecule has 0 radical (unpaired) electrons. The third-order valence-corrected chi connectivity index (χ3v) is 13.5. The van der Waals surface area contributed by atoms with Crippen molar-refractivity contribution in [1.82, 2.24) is 5.32 Å². The van der Waals surface area contributed by atoms with Gasteiger partial charge in [-0.3, -0.25) is 19.2 Å². The Kier molecular flexibility index (Phi) is 14.2. The molecule has 0 unspecified atom stereocenters. The average Bonchev–Trinajstić information content (AvgIpc) is 3.43. The standard InChI is InChI=1S/C42H70N2O10/c1-12-34(45)51-28-18-19-41(7)27(22-28)23-32(52-37(48)25-43-39(49)54-40(4,5)6)38-30-16-15-29(26(3)14-17-36(47)50-21-20-44(9,10)11)42(30,8)33(24-31(38)41)53-35(46)13-2/h26-33,38H,12-25H2,1-11H3/p+1/t26-,27+,28-,29-,30+,31+,32-,33+,38+,41+,42-/m1/s1. The summed E-state index contributed by atoms with van der Waals surface area (Å²) in [7, 11) is 6.20. The second-order valence-corrected chi connectivity index (χ2v) is 19.2. The topological polar surface area (TPSA) is 144 Å². The number of likely N-dealkylation sites (N-methyl/N-ethyl adjacent to an activating group) is 1. The number of hydrogen-bond donors (Lipinski definition) is 1. The van der Waals surface area contributed by atoms with Crippen LogP contribution in [0.25, 0.3) is 0 Å². The Morgan fingerprint density at radius 2 is 1.50 bits per heavy atom. The fourth-order valence-electron chi connectivity index (χ4n) is 10.7. The van der Waals surface area contributed by atoms with Gasteiger partial charge in [0.2, 0.25) is 0 Å². The number of alkyl carbamates (subject to hydrolysis) is 1. The second-order valence-electron chi connectivity index (χ2n) is 19.2. The molecular formula is C42H71N2O10+. The molecule has 4 rings (SSSR count). The maximum atomic E-state index is 13.5. The first-order chi connectivity index (χ1) is 25.1. The first-order valence-corrected chi connectivity index (χ1v) is 20.6. The van der Waals surface area contributed by atoms with E-state index in [9.17, 15) is 24.0 Å². The van der Waals surface area contributed by atoms with Crippen molar-refractivity contribution in [3.63, 3.8) is 0 Å². The molecule has 4 fully saturated rings. The van der Waals surface area contributed by atoms with E-state index in [2.05, 4.69) is 47.2 Å². The minimum atomic E-state index is -0.708. The molecule has 12 heteroatoms. The van der Waals surface area contributed by atoms with Gasteiger partial charge in [-0.15, -0.1) is 0 Å². The Bertz CT molecular complexity index is 1360. The molecule has 0 spiro atoms. The van der Waals surface area contributed by atoms with Crippen molar-refractivity contribution < 1.29 is 52.1 Å². The van der Waals surface area contributed by atoms with Crippen molar-refractivity contribution in [2.24, 2.45) is 46.3 Å². The van der Waals surface area contributed by atoms with Crippen LogP contribution in [0.15, 0.2) is 0 Å². The summed E-state index contributed by atoms with van der Waals surface area (Å²) < 4.78 is 30.4. The minimum absolute atomic E-state index is 0.00531. The number of hydrogen-bond acceptors (Lipinski definition) is 10. The Morgan fingerprint density at radius 3 is 2.13 bits per heavy atom. The van der Waals surface area contributed by atoms with Gasteiger partial charge in [0.25, 0.3) is 0 Å². The summed E-state index contributed by atoms with van der Waals surface area (Å²) in [4.78, 5) is 64.3. The van der Waals surface area contributed by atoms with Gasteiger partial charge in [-0.1, -0.05) is 34.6 Å². The lowest BCUT2D eigenvalue weighted by Gasteiger charge is -2.64. The van der Waals surface area contributed by atoms with Crippen LogP contribution in [-0.4, -0.2) is 99.2 Å². The fourth-order valence-corrected chi connectivity index (χ4v) is 10.7. The summed E-state index contributed by atoms with van der Waals surface area (Å²) in [5.41, 5.74) is -1.26. The number of rotatable bonds is 14. The van der Waals surface area contributed by atoms with Gasteiger partial charge in [0.05, 0.1) is 21.1 Å². The van der Waals surface area contributed by atoms with Crippen LogP contribution in [0.2, 0.25) is 0 Å². The molecule has 12 nitrogen and oxygen atoms in total. The summed E-state index contributed by atoms with van der Waals surface area (Å²) >= 11 is 0. The molecule has 1 N–H and O–H groups in total. The first kappa shape index (κ1) is 43.8. The van der Waals surface area contributed by atoms with Crippen LogP contribution in [0, 0.1) is 46.3 Å². The number of carbonyl (C=O) groups is 5. The number of carbonyl (C=O) groups excluding carboxylic acids is 5. The number of ether oxygens (including phenoxy) is 5. The lowest BCUT2D eigenvalue weighted by molar-refractivity contribution is -0.870. The lowest BCUT2D eigenvalue weighted by atomic mass is 9.43. The zero-order valence-electron chi connectivity index (χ0n) is 35.1. The highest BCUT2D eigenvalue weighted by molar-refractivity contribution is 5.78. The maximum Gasteiger partial charge on any atom is 0.408 e. The maximum absolute atomic E-state index is 13.5. The van der Waals surface area contributed by atoms with Crippen LogP contribution < -0.4 is 5.32 Å². The van der Waals surface area contributed by atoms with Gasteiger partial charge < -0.3 is 33.5 Å². The zero-order chi connectivity index (χ0) is 40.2. The highest BCUT2D eigenvalue weighted by Crippen LogP contribution is 2.69. The molecule has 0 saturated heterocycles. The third-order valence-electron chi connectivity index (χ3n) is 13.5. The third kappa shape index (κ3) is 10.5. The van der Waals surface area contributed by atoms with E-state index < -0.39 is 29.2 Å². The number of nitrogens with one attached hydrogen (secondary N) is 1. The summed E-state index contributed by atoms with van der Waals surface area (Å²) in [6.45, 7) is 16.5. The van der Waals surface area contributed by atoms with E-state index in [1.54, 1.807) is 27.7 Å². The SMILES string of the molecule is CCC(=O)O[C@@H]1CC[C@@]2(C)[C@@H](C1)C[C@@H](OC(=O)CNC(=O)OC(C)(C)C)[C@@H]1[C@@H]2C[C@H](OC(=O)CC)[C@]2(C)[C@@H]([C@H](C)CCC(=O)OCC[N+](C)(C)C)CC[C@@H]12. The number of fused-ring (bicyclic) bond motifs is 5. The van der Waals surface area contributed by atoms with E-state index in [1.165, 1.54) is 0 Å². The van der Waals surface area contributed by atoms with E-state index in [0.717, 1.165) is 36.7 Å².